The number of carbonyl (C=O) groups is 3. The van der Waals surface area contributed by atoms with E-state index >= 15 is 0 Å². The lowest BCUT2D eigenvalue weighted by Gasteiger charge is -2.33. The van der Waals surface area contributed by atoms with E-state index in [-0.39, 0.29) is 29.9 Å². The highest BCUT2D eigenvalue weighted by Crippen LogP contribution is 2.43. The van der Waals surface area contributed by atoms with Crippen LogP contribution in [-0.2, 0) is 20.5 Å². The standard InChI is InChI=1S/C31H34F3N5O4/c1-2-14-38-24-20-39(29(41)25(24)26(36-30(38)42)22-11-6-7-12-23(22)31(32,33)34)27(21-9-4-3-5-10-21)28(40)35-13-8-15-37-16-18-43-19-17-37/h2-7,9-12,26-27H,1,8,13-20H2,(H,35,40)(H,36,42)/t26-,27+/m0/s1. The number of benzene rings is 2. The average Bonchev–Trinajstić information content (AvgIpc) is 3.33. The van der Waals surface area contributed by atoms with Crippen LogP contribution in [0.15, 0.2) is 78.5 Å². The Morgan fingerprint density at radius 2 is 1.79 bits per heavy atom. The normalized spacial score (nSPS) is 20.1. The summed E-state index contributed by atoms with van der Waals surface area (Å²) in [5.41, 5.74) is -0.402. The van der Waals surface area contributed by atoms with Crippen LogP contribution in [0.2, 0.25) is 0 Å². The van der Waals surface area contributed by atoms with E-state index in [1.807, 2.05) is 0 Å². The van der Waals surface area contributed by atoms with E-state index in [1.165, 1.54) is 34.1 Å². The quantitative estimate of drug-likeness (QED) is 0.322. The van der Waals surface area contributed by atoms with Gasteiger partial charge >= 0.3 is 12.2 Å². The maximum Gasteiger partial charge on any atom is 0.416 e. The number of hydrogen-bond acceptors (Lipinski definition) is 5. The minimum absolute atomic E-state index is 0.000742. The van der Waals surface area contributed by atoms with Gasteiger partial charge in [0.15, 0.2) is 0 Å². The molecule has 0 bridgehead atoms. The summed E-state index contributed by atoms with van der Waals surface area (Å²) in [6.45, 7) is 7.73. The van der Waals surface area contributed by atoms with E-state index in [0.29, 0.717) is 31.7 Å². The minimum Gasteiger partial charge on any atom is -0.379 e. The van der Waals surface area contributed by atoms with E-state index < -0.39 is 41.7 Å². The summed E-state index contributed by atoms with van der Waals surface area (Å²) in [5, 5.41) is 5.55. The molecule has 2 aromatic carbocycles. The number of amides is 4. The number of nitrogens with zero attached hydrogens (tertiary/aromatic N) is 3. The van der Waals surface area contributed by atoms with Crippen LogP contribution in [0.4, 0.5) is 18.0 Å². The third kappa shape index (κ3) is 6.45. The number of alkyl halides is 3. The molecule has 0 spiro atoms. The maximum atomic E-state index is 14.2. The lowest BCUT2D eigenvalue weighted by molar-refractivity contribution is -0.138. The lowest BCUT2D eigenvalue weighted by Crippen LogP contribution is -2.47. The highest BCUT2D eigenvalue weighted by Gasteiger charge is 2.49. The zero-order valence-corrected chi connectivity index (χ0v) is 23.6. The molecule has 1 saturated heterocycles. The van der Waals surface area contributed by atoms with Gasteiger partial charge in [0.05, 0.1) is 42.6 Å². The Labute approximate surface area is 247 Å². The second kappa shape index (κ2) is 13.0. The van der Waals surface area contributed by atoms with E-state index in [4.69, 9.17) is 4.74 Å². The molecule has 5 rings (SSSR count). The number of halogens is 3. The zero-order chi connectivity index (χ0) is 30.6. The van der Waals surface area contributed by atoms with Crippen molar-refractivity contribution < 1.29 is 32.3 Å². The Morgan fingerprint density at radius 1 is 1.09 bits per heavy atom. The van der Waals surface area contributed by atoms with Gasteiger partial charge in [0.25, 0.3) is 5.91 Å². The summed E-state index contributed by atoms with van der Waals surface area (Å²) < 4.78 is 47.5. The summed E-state index contributed by atoms with van der Waals surface area (Å²) in [5.74, 6) is -1.04. The van der Waals surface area contributed by atoms with Crippen LogP contribution in [-0.4, -0.2) is 85.0 Å². The van der Waals surface area contributed by atoms with Crippen LogP contribution >= 0.6 is 0 Å². The molecule has 12 heteroatoms. The fourth-order valence-electron chi connectivity index (χ4n) is 5.83. The highest BCUT2D eigenvalue weighted by atomic mass is 19.4. The van der Waals surface area contributed by atoms with Crippen molar-refractivity contribution in [2.75, 3.05) is 52.5 Å². The van der Waals surface area contributed by atoms with Crippen LogP contribution in [0.3, 0.4) is 0 Å². The van der Waals surface area contributed by atoms with Crippen LogP contribution < -0.4 is 10.6 Å². The monoisotopic (exact) mass is 597 g/mol. The van der Waals surface area contributed by atoms with Crippen LogP contribution in [0.5, 0.6) is 0 Å². The summed E-state index contributed by atoms with van der Waals surface area (Å²) in [6.07, 6.45) is -2.55. The molecule has 0 radical (unpaired) electrons. The molecule has 9 nitrogen and oxygen atoms in total. The number of morpholine rings is 1. The summed E-state index contributed by atoms with van der Waals surface area (Å²) in [6, 6.07) is 10.5. The molecule has 2 N–H and O–H groups in total. The molecule has 4 amide bonds. The predicted molar refractivity (Wildman–Crippen MR) is 152 cm³/mol. The molecule has 0 aliphatic carbocycles. The number of urea groups is 1. The largest absolute Gasteiger partial charge is 0.416 e. The van der Waals surface area contributed by atoms with Gasteiger partial charge in [0.1, 0.15) is 6.04 Å². The molecule has 0 aromatic heterocycles. The van der Waals surface area contributed by atoms with E-state index in [2.05, 4.69) is 22.1 Å². The van der Waals surface area contributed by atoms with Crippen molar-refractivity contribution in [3.8, 4) is 0 Å². The molecule has 2 atom stereocenters. The molecule has 228 valence electrons. The fourth-order valence-corrected chi connectivity index (χ4v) is 5.83. The number of nitrogens with one attached hydrogen (secondary N) is 2. The molecular formula is C31H34F3N5O4. The van der Waals surface area contributed by atoms with Crippen LogP contribution in [0.1, 0.15) is 35.2 Å². The maximum absolute atomic E-state index is 14.2. The summed E-state index contributed by atoms with van der Waals surface area (Å²) in [7, 11) is 0. The first kappa shape index (κ1) is 30.3. The van der Waals surface area contributed by atoms with Crippen LogP contribution in [0, 0.1) is 0 Å². The van der Waals surface area contributed by atoms with Gasteiger partial charge in [-0.25, -0.2) is 4.79 Å². The molecule has 0 unspecified atom stereocenters. The van der Waals surface area contributed by atoms with Crippen molar-refractivity contribution in [1.29, 1.82) is 0 Å². The van der Waals surface area contributed by atoms with Gasteiger partial charge in [0.2, 0.25) is 5.91 Å². The molecule has 0 saturated carbocycles. The zero-order valence-electron chi connectivity index (χ0n) is 23.6. The van der Waals surface area contributed by atoms with Gasteiger partial charge in [0, 0.05) is 26.2 Å². The average molecular weight is 598 g/mol. The molecule has 1 fully saturated rings. The smallest absolute Gasteiger partial charge is 0.379 e. The Hall–Kier alpha value is -4.16. The molecule has 3 aliphatic heterocycles. The summed E-state index contributed by atoms with van der Waals surface area (Å²) >= 11 is 0. The van der Waals surface area contributed by atoms with Crippen molar-refractivity contribution in [2.24, 2.45) is 0 Å². The molecule has 3 heterocycles. The van der Waals surface area contributed by atoms with E-state index in [1.54, 1.807) is 30.3 Å². The SMILES string of the molecule is C=CCN1C(=O)N[C@@H](c2ccccc2C(F)(F)F)C2=C1CN([C@@H](C(=O)NCCCN1CCOCC1)c1ccccc1)C2=O. The topological polar surface area (TPSA) is 94.2 Å². The Balaban J connectivity index is 1.45. The first-order valence-electron chi connectivity index (χ1n) is 14.2. The van der Waals surface area contributed by atoms with Gasteiger partial charge in [-0.05, 0) is 30.2 Å². The van der Waals surface area contributed by atoms with Gasteiger partial charge in [-0.3, -0.25) is 19.4 Å². The molecular weight excluding hydrogens is 563 g/mol. The van der Waals surface area contributed by atoms with Crippen LogP contribution in [0.25, 0.3) is 0 Å². The van der Waals surface area contributed by atoms with Crippen molar-refractivity contribution in [2.45, 2.75) is 24.7 Å². The van der Waals surface area contributed by atoms with Crippen molar-refractivity contribution in [3.63, 3.8) is 0 Å². The first-order chi connectivity index (χ1) is 20.7. The lowest BCUT2D eigenvalue weighted by atomic mass is 9.91. The number of hydrogen-bond donors (Lipinski definition) is 2. The fraction of sp³-hybridized carbons (Fsp3) is 0.387. The second-order valence-electron chi connectivity index (χ2n) is 10.6. The Morgan fingerprint density at radius 3 is 2.49 bits per heavy atom. The van der Waals surface area contributed by atoms with E-state index in [9.17, 15) is 27.6 Å². The number of ether oxygens (including phenoxy) is 1. The molecule has 3 aliphatic rings. The molecule has 43 heavy (non-hydrogen) atoms. The van der Waals surface area contributed by atoms with Crippen molar-refractivity contribution >= 4 is 17.8 Å². The number of carbonyl (C=O) groups excluding carboxylic acids is 3. The van der Waals surface area contributed by atoms with Gasteiger partial charge < -0.3 is 20.3 Å². The highest BCUT2D eigenvalue weighted by molar-refractivity contribution is 6.04. The third-order valence-corrected chi connectivity index (χ3v) is 7.87. The summed E-state index contributed by atoms with van der Waals surface area (Å²) in [4.78, 5) is 46.0. The van der Waals surface area contributed by atoms with Crippen molar-refractivity contribution in [3.05, 3.63) is 95.2 Å². The second-order valence-corrected chi connectivity index (χ2v) is 10.6. The van der Waals surface area contributed by atoms with Crippen molar-refractivity contribution in [1.82, 2.24) is 25.3 Å². The third-order valence-electron chi connectivity index (χ3n) is 7.87. The van der Waals surface area contributed by atoms with Gasteiger partial charge in [-0.1, -0.05) is 54.6 Å². The predicted octanol–water partition coefficient (Wildman–Crippen LogP) is 3.63. The number of rotatable bonds is 10. The van der Waals surface area contributed by atoms with Gasteiger partial charge in [-0.2, -0.15) is 13.2 Å². The minimum atomic E-state index is -4.71. The Bertz CT molecular complexity index is 1390. The molecule has 2 aromatic rings. The first-order valence-corrected chi connectivity index (χ1v) is 14.2. The Kier molecular flexibility index (Phi) is 9.16. The van der Waals surface area contributed by atoms with Gasteiger partial charge in [-0.15, -0.1) is 6.58 Å². The van der Waals surface area contributed by atoms with E-state index in [0.717, 1.165) is 25.7 Å².